The zero-order chi connectivity index (χ0) is 12.3. The average molecular weight is 288 g/mol. The Labute approximate surface area is 114 Å². The highest BCUT2D eigenvalue weighted by Crippen LogP contribution is 2.38. The maximum Gasteiger partial charge on any atom is 0.113 e. The van der Waals surface area contributed by atoms with Gasteiger partial charge in [0.15, 0.2) is 0 Å². The highest BCUT2D eigenvalue weighted by Gasteiger charge is 2.19. The normalized spacial score (nSPS) is 14.8. The summed E-state index contributed by atoms with van der Waals surface area (Å²) in [5, 5.41) is 0.262. The molecule has 2 aromatic rings. The molecular formula is C12H14ClNOS2. The van der Waals surface area contributed by atoms with Gasteiger partial charge in [0, 0.05) is 10.9 Å². The van der Waals surface area contributed by atoms with E-state index in [1.165, 1.54) is 4.88 Å². The van der Waals surface area contributed by atoms with Crippen LogP contribution in [0, 0.1) is 0 Å². The fourth-order valence-corrected chi connectivity index (χ4v) is 4.10. The molecule has 92 valence electrons. The van der Waals surface area contributed by atoms with Crippen LogP contribution in [0.1, 0.15) is 22.8 Å². The molecule has 0 aliphatic heterocycles. The number of hydrogen-bond donors (Lipinski definition) is 1. The number of rotatable bonds is 5. The van der Waals surface area contributed by atoms with Gasteiger partial charge in [-0.05, 0) is 31.2 Å². The Hall–Kier alpha value is -0.420. The van der Waals surface area contributed by atoms with Crippen LogP contribution in [0.2, 0.25) is 4.34 Å². The quantitative estimate of drug-likeness (QED) is 0.890. The molecule has 17 heavy (non-hydrogen) atoms. The first-order valence-electron chi connectivity index (χ1n) is 5.31. The molecule has 0 bridgehead atoms. The fraction of sp³-hybridized carbons (Fsp3) is 0.333. The van der Waals surface area contributed by atoms with Gasteiger partial charge in [0.25, 0.3) is 0 Å². The summed E-state index contributed by atoms with van der Waals surface area (Å²) in [5.41, 5.74) is 6.03. The van der Waals surface area contributed by atoms with Crippen LogP contribution >= 0.6 is 34.7 Å². The molecule has 0 spiro atoms. The van der Waals surface area contributed by atoms with Gasteiger partial charge in [0.05, 0.1) is 21.6 Å². The number of nitrogens with two attached hydrogens (primary N) is 1. The maximum atomic E-state index is 6.03. The SMILES string of the molecule is CC(N)C(SCc1ccco1)c1ccc(Cl)s1. The average Bonchev–Trinajstić information content (AvgIpc) is 2.90. The molecule has 0 saturated carbocycles. The van der Waals surface area contributed by atoms with Crippen LogP contribution in [0.15, 0.2) is 34.9 Å². The minimum atomic E-state index is 0.0877. The first-order chi connectivity index (χ1) is 8.16. The molecule has 2 atom stereocenters. The molecule has 2 N–H and O–H groups in total. The van der Waals surface area contributed by atoms with Crippen LogP contribution in [0.4, 0.5) is 0 Å². The van der Waals surface area contributed by atoms with E-state index in [2.05, 4.69) is 6.07 Å². The molecule has 2 unspecified atom stereocenters. The third kappa shape index (κ3) is 3.52. The molecule has 0 fully saturated rings. The van der Waals surface area contributed by atoms with Crippen molar-refractivity contribution in [3.8, 4) is 0 Å². The van der Waals surface area contributed by atoms with Crippen molar-refractivity contribution in [1.29, 1.82) is 0 Å². The maximum absolute atomic E-state index is 6.03. The van der Waals surface area contributed by atoms with Gasteiger partial charge in [0.2, 0.25) is 0 Å². The van der Waals surface area contributed by atoms with Gasteiger partial charge >= 0.3 is 0 Å². The van der Waals surface area contributed by atoms with Crippen molar-refractivity contribution in [2.24, 2.45) is 5.73 Å². The molecular weight excluding hydrogens is 274 g/mol. The summed E-state index contributed by atoms with van der Waals surface area (Å²) in [6.45, 7) is 2.02. The first kappa shape index (κ1) is 13.0. The monoisotopic (exact) mass is 287 g/mol. The van der Waals surface area contributed by atoms with E-state index in [0.717, 1.165) is 15.8 Å². The van der Waals surface area contributed by atoms with Gasteiger partial charge in [-0.3, -0.25) is 0 Å². The summed E-state index contributed by atoms with van der Waals surface area (Å²) in [6, 6.07) is 7.94. The van der Waals surface area contributed by atoms with E-state index in [1.807, 2.05) is 25.1 Å². The molecule has 0 aliphatic rings. The molecule has 2 nitrogen and oxygen atoms in total. The smallest absolute Gasteiger partial charge is 0.113 e. The lowest BCUT2D eigenvalue weighted by atomic mass is 10.2. The molecule has 0 aromatic carbocycles. The van der Waals surface area contributed by atoms with Gasteiger partial charge in [0.1, 0.15) is 5.76 Å². The van der Waals surface area contributed by atoms with Gasteiger partial charge in [-0.1, -0.05) is 11.6 Å². The van der Waals surface area contributed by atoms with Crippen LogP contribution in [0.5, 0.6) is 0 Å². The highest BCUT2D eigenvalue weighted by atomic mass is 35.5. The summed E-state index contributed by atoms with van der Waals surface area (Å²) in [4.78, 5) is 1.22. The van der Waals surface area contributed by atoms with Crippen molar-refractivity contribution in [3.63, 3.8) is 0 Å². The number of furan rings is 1. The second-order valence-electron chi connectivity index (χ2n) is 3.81. The predicted molar refractivity (Wildman–Crippen MR) is 75.7 cm³/mol. The Morgan fingerprint density at radius 1 is 1.47 bits per heavy atom. The molecule has 0 aliphatic carbocycles. The van der Waals surface area contributed by atoms with Crippen LogP contribution in [0.25, 0.3) is 0 Å². The Morgan fingerprint density at radius 2 is 2.29 bits per heavy atom. The van der Waals surface area contributed by atoms with E-state index in [-0.39, 0.29) is 11.3 Å². The lowest BCUT2D eigenvalue weighted by molar-refractivity contribution is 0.530. The van der Waals surface area contributed by atoms with E-state index in [0.29, 0.717) is 0 Å². The van der Waals surface area contributed by atoms with E-state index in [4.69, 9.17) is 21.8 Å². The molecule has 0 radical (unpaired) electrons. The summed E-state index contributed by atoms with van der Waals surface area (Å²) < 4.78 is 6.13. The van der Waals surface area contributed by atoms with Crippen molar-refractivity contribution in [2.75, 3.05) is 0 Å². The van der Waals surface area contributed by atoms with E-state index >= 15 is 0 Å². The third-order valence-electron chi connectivity index (χ3n) is 2.34. The Bertz CT molecular complexity index is 453. The standard InChI is InChI=1S/C12H14ClNOS2/c1-8(14)12(10-4-5-11(13)17-10)16-7-9-3-2-6-15-9/h2-6,8,12H,7,14H2,1H3. The zero-order valence-electron chi connectivity index (χ0n) is 9.43. The van der Waals surface area contributed by atoms with Gasteiger partial charge < -0.3 is 10.2 Å². The molecule has 2 rings (SSSR count). The summed E-state index contributed by atoms with van der Waals surface area (Å²) in [5.74, 6) is 1.80. The largest absolute Gasteiger partial charge is 0.468 e. The second kappa shape index (κ2) is 5.96. The summed E-state index contributed by atoms with van der Waals surface area (Å²) in [7, 11) is 0. The van der Waals surface area contributed by atoms with E-state index in [1.54, 1.807) is 29.4 Å². The Morgan fingerprint density at radius 3 is 2.82 bits per heavy atom. The number of thiophene rings is 1. The lowest BCUT2D eigenvalue weighted by Gasteiger charge is -2.18. The first-order valence-corrected chi connectivity index (χ1v) is 7.56. The zero-order valence-corrected chi connectivity index (χ0v) is 11.8. The van der Waals surface area contributed by atoms with Crippen molar-refractivity contribution in [1.82, 2.24) is 0 Å². The minimum Gasteiger partial charge on any atom is -0.468 e. The van der Waals surface area contributed by atoms with Gasteiger partial charge in [-0.15, -0.1) is 23.1 Å². The van der Waals surface area contributed by atoms with Crippen molar-refractivity contribution in [3.05, 3.63) is 45.5 Å². The van der Waals surface area contributed by atoms with Crippen LogP contribution in [0.3, 0.4) is 0 Å². The fourth-order valence-electron chi connectivity index (χ4n) is 1.54. The van der Waals surface area contributed by atoms with Gasteiger partial charge in [-0.25, -0.2) is 0 Å². The topological polar surface area (TPSA) is 39.2 Å². The molecule has 2 aromatic heterocycles. The van der Waals surface area contributed by atoms with Crippen molar-refractivity contribution >= 4 is 34.7 Å². The number of hydrogen-bond acceptors (Lipinski definition) is 4. The van der Waals surface area contributed by atoms with Crippen LogP contribution in [-0.2, 0) is 5.75 Å². The van der Waals surface area contributed by atoms with Crippen LogP contribution < -0.4 is 5.73 Å². The lowest BCUT2D eigenvalue weighted by Crippen LogP contribution is -2.22. The van der Waals surface area contributed by atoms with Crippen molar-refractivity contribution < 1.29 is 4.42 Å². The number of halogens is 1. The second-order valence-corrected chi connectivity index (χ2v) is 6.69. The van der Waals surface area contributed by atoms with E-state index < -0.39 is 0 Å². The molecule has 5 heteroatoms. The van der Waals surface area contributed by atoms with Crippen LogP contribution in [-0.4, -0.2) is 6.04 Å². The van der Waals surface area contributed by atoms with Crippen molar-refractivity contribution in [2.45, 2.75) is 24.0 Å². The summed E-state index contributed by atoms with van der Waals surface area (Å²) >= 11 is 9.34. The number of thioether (sulfide) groups is 1. The molecule has 0 saturated heterocycles. The Kier molecular flexibility index (Phi) is 4.56. The molecule has 0 amide bonds. The van der Waals surface area contributed by atoms with E-state index in [9.17, 15) is 0 Å². The predicted octanol–water partition coefficient (Wildman–Crippen LogP) is 4.32. The summed E-state index contributed by atoms with van der Waals surface area (Å²) in [6.07, 6.45) is 1.69. The third-order valence-corrected chi connectivity index (χ3v) is 5.29. The minimum absolute atomic E-state index is 0.0877. The highest BCUT2D eigenvalue weighted by molar-refractivity contribution is 7.98. The molecule has 2 heterocycles. The van der Waals surface area contributed by atoms with Gasteiger partial charge in [-0.2, -0.15) is 0 Å². The Balaban J connectivity index is 2.03.